The van der Waals surface area contributed by atoms with E-state index >= 15 is 0 Å². The van der Waals surface area contributed by atoms with Gasteiger partial charge in [-0.3, -0.25) is 9.59 Å². The van der Waals surface area contributed by atoms with Gasteiger partial charge in [-0.15, -0.1) is 0 Å². The Kier molecular flexibility index (Phi) is 2.74. The van der Waals surface area contributed by atoms with Gasteiger partial charge in [-0.1, -0.05) is 26.7 Å². The molecule has 0 bridgehead atoms. The van der Waals surface area contributed by atoms with Gasteiger partial charge in [-0.2, -0.15) is 0 Å². The second-order valence-corrected chi connectivity index (χ2v) is 4.11. The molecule has 0 amide bonds. The number of hydrogen-bond donors (Lipinski definition) is 1. The van der Waals surface area contributed by atoms with E-state index in [0.29, 0.717) is 12.8 Å². The first-order valence-corrected chi connectivity index (χ1v) is 4.78. The van der Waals surface area contributed by atoms with Crippen LogP contribution in [0.3, 0.4) is 0 Å². The molecule has 1 aliphatic carbocycles. The molecule has 0 atom stereocenters. The Labute approximate surface area is 78.1 Å². The lowest BCUT2D eigenvalue weighted by Gasteiger charge is -2.23. The Balaban J connectivity index is 2.91. The quantitative estimate of drug-likeness (QED) is 0.681. The maximum Gasteiger partial charge on any atom is 0.317 e. The first-order chi connectivity index (χ1) is 6.00. The molecule has 13 heavy (non-hydrogen) atoms. The standard InChI is InChI=1S/C10H16O3/c1-7(2)8(11)10(9(12)13)5-3-4-6-10/h7H,3-6H2,1-2H3,(H,12,13). The van der Waals surface area contributed by atoms with E-state index in [0.717, 1.165) is 12.8 Å². The van der Waals surface area contributed by atoms with Gasteiger partial charge in [0.25, 0.3) is 0 Å². The number of carboxylic acids is 1. The lowest BCUT2D eigenvalue weighted by atomic mass is 9.77. The van der Waals surface area contributed by atoms with Crippen molar-refractivity contribution in [2.75, 3.05) is 0 Å². The highest BCUT2D eigenvalue weighted by Gasteiger charge is 2.48. The summed E-state index contributed by atoms with van der Waals surface area (Å²) in [7, 11) is 0. The summed E-state index contributed by atoms with van der Waals surface area (Å²) in [5.41, 5.74) is -1.05. The molecule has 0 aromatic carbocycles. The number of carboxylic acid groups (broad SMARTS) is 1. The van der Waals surface area contributed by atoms with E-state index in [2.05, 4.69) is 0 Å². The van der Waals surface area contributed by atoms with Gasteiger partial charge in [0.15, 0.2) is 5.78 Å². The largest absolute Gasteiger partial charge is 0.480 e. The third-order valence-electron chi connectivity index (χ3n) is 2.86. The zero-order valence-corrected chi connectivity index (χ0v) is 8.17. The number of Topliss-reactive ketones (excluding diaryl/α,β-unsaturated/α-hetero) is 1. The Hall–Kier alpha value is -0.860. The third kappa shape index (κ3) is 1.60. The summed E-state index contributed by atoms with van der Waals surface area (Å²) in [6.45, 7) is 3.54. The summed E-state index contributed by atoms with van der Waals surface area (Å²) in [6.07, 6.45) is 2.79. The second kappa shape index (κ2) is 3.48. The van der Waals surface area contributed by atoms with Crippen LogP contribution in [0.25, 0.3) is 0 Å². The first-order valence-electron chi connectivity index (χ1n) is 4.78. The van der Waals surface area contributed by atoms with Gasteiger partial charge in [0, 0.05) is 5.92 Å². The molecule has 0 heterocycles. The lowest BCUT2D eigenvalue weighted by molar-refractivity contribution is -0.155. The highest BCUT2D eigenvalue weighted by Crippen LogP contribution is 2.40. The predicted molar refractivity (Wildman–Crippen MR) is 48.4 cm³/mol. The van der Waals surface area contributed by atoms with Crippen LogP contribution in [0.2, 0.25) is 0 Å². The number of carbonyl (C=O) groups excluding carboxylic acids is 1. The van der Waals surface area contributed by atoms with Crippen LogP contribution in [0, 0.1) is 11.3 Å². The number of carbonyl (C=O) groups is 2. The van der Waals surface area contributed by atoms with E-state index < -0.39 is 11.4 Å². The molecule has 0 aromatic heterocycles. The van der Waals surface area contributed by atoms with Crippen molar-refractivity contribution in [1.29, 1.82) is 0 Å². The van der Waals surface area contributed by atoms with Gasteiger partial charge in [-0.25, -0.2) is 0 Å². The van der Waals surface area contributed by atoms with Crippen molar-refractivity contribution in [2.45, 2.75) is 39.5 Å². The zero-order valence-electron chi connectivity index (χ0n) is 8.17. The summed E-state index contributed by atoms with van der Waals surface area (Å²) >= 11 is 0. The Morgan fingerprint density at radius 2 is 1.69 bits per heavy atom. The highest BCUT2D eigenvalue weighted by atomic mass is 16.4. The summed E-state index contributed by atoms with van der Waals surface area (Å²) < 4.78 is 0. The van der Waals surface area contributed by atoms with E-state index in [1.165, 1.54) is 0 Å². The molecule has 0 radical (unpaired) electrons. The fraction of sp³-hybridized carbons (Fsp3) is 0.800. The van der Waals surface area contributed by atoms with Crippen LogP contribution in [0.4, 0.5) is 0 Å². The summed E-state index contributed by atoms with van der Waals surface area (Å²) in [6, 6.07) is 0. The van der Waals surface area contributed by atoms with Crippen LogP contribution < -0.4 is 0 Å². The summed E-state index contributed by atoms with van der Waals surface area (Å²) in [5.74, 6) is -1.20. The Bertz CT molecular complexity index is 224. The molecule has 0 spiro atoms. The first kappa shape index (κ1) is 10.2. The molecule has 0 saturated heterocycles. The van der Waals surface area contributed by atoms with Crippen LogP contribution in [0.15, 0.2) is 0 Å². The van der Waals surface area contributed by atoms with Gasteiger partial charge in [0.1, 0.15) is 5.41 Å². The minimum Gasteiger partial charge on any atom is -0.480 e. The third-order valence-corrected chi connectivity index (χ3v) is 2.86. The van der Waals surface area contributed by atoms with E-state index in [9.17, 15) is 9.59 Å². The Morgan fingerprint density at radius 1 is 1.23 bits per heavy atom. The smallest absolute Gasteiger partial charge is 0.317 e. The van der Waals surface area contributed by atoms with Gasteiger partial charge in [-0.05, 0) is 12.8 Å². The SMILES string of the molecule is CC(C)C(=O)C1(C(=O)O)CCCC1. The molecule has 1 aliphatic rings. The molecular formula is C10H16O3. The molecule has 1 N–H and O–H groups in total. The van der Waals surface area contributed by atoms with Crippen molar-refractivity contribution in [3.63, 3.8) is 0 Å². The molecule has 3 heteroatoms. The molecule has 0 unspecified atom stereocenters. The monoisotopic (exact) mass is 184 g/mol. The fourth-order valence-electron chi connectivity index (χ4n) is 2.10. The minimum atomic E-state index is -1.05. The van der Waals surface area contributed by atoms with Crippen molar-refractivity contribution in [2.24, 2.45) is 11.3 Å². The number of hydrogen-bond acceptors (Lipinski definition) is 2. The van der Waals surface area contributed by atoms with Gasteiger partial charge in [0.2, 0.25) is 0 Å². The maximum atomic E-state index is 11.7. The van der Waals surface area contributed by atoms with Crippen LogP contribution in [-0.4, -0.2) is 16.9 Å². The second-order valence-electron chi connectivity index (χ2n) is 4.11. The normalized spacial score (nSPS) is 20.5. The molecule has 0 aliphatic heterocycles. The Morgan fingerprint density at radius 3 is 2.00 bits per heavy atom. The zero-order chi connectivity index (χ0) is 10.1. The molecule has 0 aromatic rings. The topological polar surface area (TPSA) is 54.4 Å². The van der Waals surface area contributed by atoms with Crippen molar-refractivity contribution in [3.8, 4) is 0 Å². The number of ketones is 1. The van der Waals surface area contributed by atoms with Crippen molar-refractivity contribution in [3.05, 3.63) is 0 Å². The van der Waals surface area contributed by atoms with E-state index in [1.54, 1.807) is 13.8 Å². The van der Waals surface area contributed by atoms with Crippen LogP contribution >= 0.6 is 0 Å². The molecular weight excluding hydrogens is 168 g/mol. The molecule has 1 fully saturated rings. The van der Waals surface area contributed by atoms with Gasteiger partial charge in [0.05, 0.1) is 0 Å². The molecule has 1 saturated carbocycles. The van der Waals surface area contributed by atoms with E-state index in [1.807, 2.05) is 0 Å². The minimum absolute atomic E-state index is 0.0995. The number of aliphatic carboxylic acids is 1. The average Bonchev–Trinajstić information content (AvgIpc) is 2.51. The van der Waals surface area contributed by atoms with Crippen molar-refractivity contribution < 1.29 is 14.7 Å². The predicted octanol–water partition coefficient (Wildman–Crippen LogP) is 1.86. The van der Waals surface area contributed by atoms with Crippen molar-refractivity contribution >= 4 is 11.8 Å². The highest BCUT2D eigenvalue weighted by molar-refractivity contribution is 6.04. The summed E-state index contributed by atoms with van der Waals surface area (Å²) in [4.78, 5) is 22.8. The average molecular weight is 184 g/mol. The molecule has 74 valence electrons. The number of rotatable bonds is 3. The molecule has 1 rings (SSSR count). The van der Waals surface area contributed by atoms with Crippen LogP contribution in [0.5, 0.6) is 0 Å². The summed E-state index contributed by atoms with van der Waals surface area (Å²) in [5, 5.41) is 9.06. The van der Waals surface area contributed by atoms with Crippen molar-refractivity contribution in [1.82, 2.24) is 0 Å². The van der Waals surface area contributed by atoms with E-state index in [-0.39, 0.29) is 11.7 Å². The van der Waals surface area contributed by atoms with Crippen LogP contribution in [-0.2, 0) is 9.59 Å². The molecule has 3 nitrogen and oxygen atoms in total. The van der Waals surface area contributed by atoms with Gasteiger partial charge < -0.3 is 5.11 Å². The maximum absolute atomic E-state index is 11.7. The lowest BCUT2D eigenvalue weighted by Crippen LogP contribution is -2.39. The fourth-order valence-corrected chi connectivity index (χ4v) is 2.10. The van der Waals surface area contributed by atoms with E-state index in [4.69, 9.17) is 5.11 Å². The van der Waals surface area contributed by atoms with Gasteiger partial charge >= 0.3 is 5.97 Å². The van der Waals surface area contributed by atoms with Crippen LogP contribution in [0.1, 0.15) is 39.5 Å².